The normalized spacial score (nSPS) is 15.2. The van der Waals surface area contributed by atoms with Crippen molar-refractivity contribution in [3.8, 4) is 0 Å². The van der Waals surface area contributed by atoms with Gasteiger partial charge in [0.25, 0.3) is 0 Å². The van der Waals surface area contributed by atoms with Gasteiger partial charge in [-0.05, 0) is 53.6 Å². The molecule has 7 nitrogen and oxygen atoms in total. The molecule has 1 amide bonds. The van der Waals surface area contributed by atoms with E-state index in [0.29, 0.717) is 43.3 Å². The highest BCUT2D eigenvalue weighted by molar-refractivity contribution is 7.89. The zero-order chi connectivity index (χ0) is 29.5. The van der Waals surface area contributed by atoms with Crippen molar-refractivity contribution in [2.45, 2.75) is 31.6 Å². The van der Waals surface area contributed by atoms with Crippen LogP contribution in [0.5, 0.6) is 0 Å². The second kappa shape index (κ2) is 14.0. The van der Waals surface area contributed by atoms with E-state index in [9.17, 15) is 26.4 Å². The van der Waals surface area contributed by atoms with Crippen molar-refractivity contribution in [2.24, 2.45) is 0 Å². The Morgan fingerprint density at radius 2 is 1.71 bits per heavy atom. The highest BCUT2D eigenvalue weighted by Gasteiger charge is 2.38. The Bertz CT molecular complexity index is 1380. The van der Waals surface area contributed by atoms with Gasteiger partial charge < -0.3 is 15.1 Å². The number of sulfonamides is 1. The molecule has 0 bridgehead atoms. The van der Waals surface area contributed by atoms with Gasteiger partial charge in [-0.1, -0.05) is 48.0 Å². The van der Waals surface area contributed by atoms with Crippen LogP contribution in [0.2, 0.25) is 5.02 Å². The van der Waals surface area contributed by atoms with Crippen molar-refractivity contribution < 1.29 is 26.4 Å². The van der Waals surface area contributed by atoms with Crippen molar-refractivity contribution in [2.75, 3.05) is 43.4 Å². The number of piperazine rings is 1. The van der Waals surface area contributed by atoms with Gasteiger partial charge >= 0.3 is 6.18 Å². The molecule has 0 aliphatic carbocycles. The number of alkyl halides is 3. The number of rotatable bonds is 12. The number of hydrogen-bond donors (Lipinski definition) is 2. The van der Waals surface area contributed by atoms with Crippen molar-refractivity contribution in [1.29, 1.82) is 0 Å². The van der Waals surface area contributed by atoms with Crippen molar-refractivity contribution in [1.82, 2.24) is 14.9 Å². The number of carbonyl (C=O) groups is 1. The minimum Gasteiger partial charge on any atom is -0.368 e. The first-order chi connectivity index (χ1) is 19.5. The lowest BCUT2D eigenvalue weighted by Gasteiger charge is -2.38. The number of halogens is 4. The Morgan fingerprint density at radius 3 is 2.37 bits per heavy atom. The molecular weight excluding hydrogens is 597 g/mol. The zero-order valence-corrected chi connectivity index (χ0v) is 24.6. The maximum Gasteiger partial charge on any atom is 0.404 e. The monoisotopic (exact) mass is 628 g/mol. The van der Waals surface area contributed by atoms with Gasteiger partial charge in [0.1, 0.15) is 6.04 Å². The first-order valence-corrected chi connectivity index (χ1v) is 16.1. The maximum atomic E-state index is 13.5. The van der Waals surface area contributed by atoms with Gasteiger partial charge in [-0.2, -0.15) is 13.2 Å². The quantitative estimate of drug-likeness (QED) is 0.289. The molecule has 2 aromatic carbocycles. The van der Waals surface area contributed by atoms with Crippen molar-refractivity contribution >= 4 is 44.6 Å². The molecule has 1 atom stereocenters. The van der Waals surface area contributed by atoms with E-state index in [1.54, 1.807) is 35.6 Å². The number of anilines is 1. The lowest BCUT2D eigenvalue weighted by molar-refractivity contribution is -0.133. The smallest absolute Gasteiger partial charge is 0.368 e. The fraction of sp³-hybridized carbons (Fsp3) is 0.393. The number of nitrogens with zero attached hydrogens (tertiary/aromatic N) is 2. The predicted octanol–water partition coefficient (Wildman–Crippen LogP) is 4.48. The Morgan fingerprint density at radius 1 is 1.00 bits per heavy atom. The Labute approximate surface area is 247 Å². The van der Waals surface area contributed by atoms with Gasteiger partial charge in [-0.25, -0.2) is 13.1 Å². The summed E-state index contributed by atoms with van der Waals surface area (Å²) in [6, 6.07) is 17.2. The molecule has 2 N–H and O–H groups in total. The molecule has 2 heterocycles. The van der Waals surface area contributed by atoms with Crippen LogP contribution in [0.3, 0.4) is 0 Å². The summed E-state index contributed by atoms with van der Waals surface area (Å²) in [6.07, 6.45) is -4.09. The molecule has 0 spiro atoms. The van der Waals surface area contributed by atoms with E-state index >= 15 is 0 Å². The van der Waals surface area contributed by atoms with Crippen LogP contribution >= 0.6 is 22.9 Å². The van der Waals surface area contributed by atoms with Gasteiger partial charge in [0, 0.05) is 54.9 Å². The molecule has 1 saturated heterocycles. The maximum absolute atomic E-state index is 13.5. The Hall–Kier alpha value is -2.64. The van der Waals surface area contributed by atoms with Gasteiger partial charge in [-0.15, -0.1) is 11.3 Å². The summed E-state index contributed by atoms with van der Waals surface area (Å²) >= 11 is 7.66. The number of thiophene rings is 1. The molecule has 13 heteroatoms. The van der Waals surface area contributed by atoms with Crippen LogP contribution in [0.1, 0.15) is 16.0 Å². The van der Waals surface area contributed by atoms with Gasteiger partial charge in [0.15, 0.2) is 5.75 Å². The minimum atomic E-state index is -4.93. The SMILES string of the molecule is O=C([C@@H](Cc1ccc(Cl)cc1)NS(=O)(=O)CC(F)(F)F)N1CCN(c2ccccc2CNCCc2cccs2)CC1. The van der Waals surface area contributed by atoms with Crippen LogP contribution in [0.25, 0.3) is 0 Å². The summed E-state index contributed by atoms with van der Waals surface area (Å²) in [5.41, 5.74) is 2.74. The third-order valence-corrected chi connectivity index (χ3v) is 9.23. The molecule has 0 saturated carbocycles. The highest BCUT2D eigenvalue weighted by Crippen LogP contribution is 2.23. The second-order valence-electron chi connectivity index (χ2n) is 9.82. The highest BCUT2D eigenvalue weighted by atomic mass is 35.5. The van der Waals surface area contributed by atoms with Gasteiger partial charge in [0.2, 0.25) is 15.9 Å². The lowest BCUT2D eigenvalue weighted by atomic mass is 10.0. The van der Waals surface area contributed by atoms with E-state index in [0.717, 1.165) is 24.2 Å². The molecular formula is C28H32ClF3N4O3S2. The van der Waals surface area contributed by atoms with E-state index in [1.165, 1.54) is 9.78 Å². The van der Waals surface area contributed by atoms with Crippen LogP contribution in [0.15, 0.2) is 66.0 Å². The van der Waals surface area contributed by atoms with E-state index in [1.807, 2.05) is 29.0 Å². The summed E-state index contributed by atoms with van der Waals surface area (Å²) in [5, 5.41) is 6.00. The fourth-order valence-corrected chi connectivity index (χ4v) is 6.72. The Balaban J connectivity index is 1.39. The fourth-order valence-electron chi connectivity index (χ4n) is 4.76. The van der Waals surface area contributed by atoms with Crippen LogP contribution < -0.4 is 14.9 Å². The largest absolute Gasteiger partial charge is 0.404 e. The van der Waals surface area contributed by atoms with Gasteiger partial charge in [0.05, 0.1) is 0 Å². The molecule has 0 radical (unpaired) electrons. The number of para-hydroxylation sites is 1. The predicted molar refractivity (Wildman–Crippen MR) is 157 cm³/mol. The standard InChI is InChI=1S/C28H32ClF3N4O3S2/c29-23-9-7-21(8-10-23)18-25(34-41(38,39)20-28(30,31)32)27(37)36-15-13-35(14-16-36)26-6-2-1-4-22(26)19-33-12-11-24-5-3-17-40-24/h1-10,17,25,33-34H,11-16,18-20H2/t25-/m1/s1. The number of hydrogen-bond acceptors (Lipinski definition) is 6. The van der Waals surface area contributed by atoms with E-state index in [-0.39, 0.29) is 6.42 Å². The summed E-state index contributed by atoms with van der Waals surface area (Å²) in [5.74, 6) is -2.62. The molecule has 222 valence electrons. The average Bonchev–Trinajstić information content (AvgIpc) is 3.44. The summed E-state index contributed by atoms with van der Waals surface area (Å²) < 4.78 is 65.3. The van der Waals surface area contributed by atoms with E-state index in [2.05, 4.69) is 27.7 Å². The molecule has 1 aromatic heterocycles. The molecule has 1 aliphatic heterocycles. The molecule has 0 unspecified atom stereocenters. The topological polar surface area (TPSA) is 81.8 Å². The summed E-state index contributed by atoms with van der Waals surface area (Å²) in [4.78, 5) is 18.5. The summed E-state index contributed by atoms with van der Waals surface area (Å²) in [7, 11) is -4.80. The third-order valence-electron chi connectivity index (χ3n) is 6.69. The number of carbonyl (C=O) groups excluding carboxylic acids is 1. The molecule has 41 heavy (non-hydrogen) atoms. The first kappa shape index (κ1) is 31.3. The van der Waals surface area contributed by atoms with Crippen molar-refractivity contribution in [3.05, 3.63) is 87.1 Å². The van der Waals surface area contributed by atoms with Crippen LogP contribution in [-0.4, -0.2) is 69.9 Å². The van der Waals surface area contributed by atoms with Gasteiger partial charge in [-0.3, -0.25) is 4.79 Å². The first-order valence-electron chi connectivity index (χ1n) is 13.1. The molecule has 1 aliphatic rings. The summed E-state index contributed by atoms with van der Waals surface area (Å²) in [6.45, 7) is 3.14. The minimum absolute atomic E-state index is 0.104. The average molecular weight is 629 g/mol. The number of amides is 1. The van der Waals surface area contributed by atoms with E-state index in [4.69, 9.17) is 11.6 Å². The van der Waals surface area contributed by atoms with Crippen molar-refractivity contribution in [3.63, 3.8) is 0 Å². The Kier molecular flexibility index (Phi) is 10.7. The molecule has 3 aromatic rings. The lowest BCUT2D eigenvalue weighted by Crippen LogP contribution is -2.56. The third kappa shape index (κ3) is 9.71. The number of nitrogens with one attached hydrogen (secondary N) is 2. The molecule has 4 rings (SSSR count). The zero-order valence-electron chi connectivity index (χ0n) is 22.2. The van der Waals surface area contributed by atoms with Crippen LogP contribution in [-0.2, 0) is 34.2 Å². The molecule has 1 fully saturated rings. The van der Waals surface area contributed by atoms with E-state index < -0.39 is 33.9 Å². The van der Waals surface area contributed by atoms with Crippen LogP contribution in [0, 0.1) is 0 Å². The van der Waals surface area contributed by atoms with Crippen LogP contribution in [0.4, 0.5) is 18.9 Å². The second-order valence-corrected chi connectivity index (χ2v) is 13.0. The number of benzene rings is 2.